The molecule has 1 aromatic heterocycles. The van der Waals surface area contributed by atoms with Crippen LogP contribution in [0.5, 0.6) is 0 Å². The third kappa shape index (κ3) is 4.32. The molecule has 0 aliphatic rings. The van der Waals surface area contributed by atoms with Crippen LogP contribution in [0.25, 0.3) is 0 Å². The number of carbonyl (C=O) groups is 1. The zero-order valence-corrected chi connectivity index (χ0v) is 15.1. The van der Waals surface area contributed by atoms with Gasteiger partial charge in [0.2, 0.25) is 5.82 Å². The summed E-state index contributed by atoms with van der Waals surface area (Å²) in [5.41, 5.74) is 2.47. The van der Waals surface area contributed by atoms with Crippen LogP contribution in [-0.4, -0.2) is 25.8 Å². The quantitative estimate of drug-likeness (QED) is 0.688. The molecule has 2 N–H and O–H groups in total. The van der Waals surface area contributed by atoms with E-state index in [1.807, 2.05) is 49.4 Å². The number of aliphatic hydroxyl groups is 1. The molecule has 128 valence electrons. The highest BCUT2D eigenvalue weighted by Crippen LogP contribution is 2.20. The Hall–Kier alpha value is -2.51. The van der Waals surface area contributed by atoms with Gasteiger partial charge in [0.15, 0.2) is 0 Å². The molecule has 0 saturated carbocycles. The SMILES string of the molecule is Cc1cc(NC(=O)c2ncn(CC(O)c3ccccc3)n2)ccc1Br. The number of nitrogens with one attached hydrogen (secondary N) is 1. The molecule has 0 aliphatic carbocycles. The number of rotatable bonds is 5. The van der Waals surface area contributed by atoms with Crippen molar-refractivity contribution in [1.82, 2.24) is 14.8 Å². The van der Waals surface area contributed by atoms with Crippen molar-refractivity contribution >= 4 is 27.5 Å². The number of aliphatic hydroxyl groups excluding tert-OH is 1. The van der Waals surface area contributed by atoms with Crippen LogP contribution >= 0.6 is 15.9 Å². The van der Waals surface area contributed by atoms with E-state index in [4.69, 9.17) is 0 Å². The molecular weight excluding hydrogens is 384 g/mol. The van der Waals surface area contributed by atoms with Crippen LogP contribution in [0.4, 0.5) is 5.69 Å². The van der Waals surface area contributed by atoms with Gasteiger partial charge in [-0.05, 0) is 36.2 Å². The van der Waals surface area contributed by atoms with Gasteiger partial charge < -0.3 is 10.4 Å². The zero-order valence-electron chi connectivity index (χ0n) is 13.6. The Labute approximate surface area is 153 Å². The summed E-state index contributed by atoms with van der Waals surface area (Å²) in [5, 5.41) is 17.1. The van der Waals surface area contributed by atoms with E-state index in [2.05, 4.69) is 31.3 Å². The summed E-state index contributed by atoms with van der Waals surface area (Å²) in [6.45, 7) is 2.17. The number of aromatic nitrogens is 3. The van der Waals surface area contributed by atoms with Crippen LogP contribution in [0.15, 0.2) is 59.3 Å². The second-order valence-corrected chi connectivity index (χ2v) is 6.49. The Balaban J connectivity index is 1.66. The summed E-state index contributed by atoms with van der Waals surface area (Å²) in [7, 11) is 0. The van der Waals surface area contributed by atoms with Crippen molar-refractivity contribution in [3.05, 3.63) is 76.3 Å². The van der Waals surface area contributed by atoms with E-state index < -0.39 is 12.0 Å². The molecule has 1 amide bonds. The van der Waals surface area contributed by atoms with Gasteiger partial charge in [0.05, 0.1) is 12.6 Å². The molecule has 1 unspecified atom stereocenters. The summed E-state index contributed by atoms with van der Waals surface area (Å²) in [5.74, 6) is -0.337. The van der Waals surface area contributed by atoms with E-state index in [0.29, 0.717) is 5.69 Å². The van der Waals surface area contributed by atoms with Gasteiger partial charge in [0.1, 0.15) is 6.33 Å². The fourth-order valence-electron chi connectivity index (χ4n) is 2.35. The van der Waals surface area contributed by atoms with Gasteiger partial charge >= 0.3 is 0 Å². The maximum absolute atomic E-state index is 12.3. The van der Waals surface area contributed by atoms with Crippen LogP contribution in [0.1, 0.15) is 27.8 Å². The lowest BCUT2D eigenvalue weighted by Gasteiger charge is -2.10. The molecule has 7 heteroatoms. The molecular formula is C18H17BrN4O2. The van der Waals surface area contributed by atoms with Gasteiger partial charge in [0, 0.05) is 10.2 Å². The Morgan fingerprint density at radius 1 is 1.28 bits per heavy atom. The minimum atomic E-state index is -0.715. The third-order valence-corrected chi connectivity index (χ3v) is 4.59. The van der Waals surface area contributed by atoms with Gasteiger partial charge in [-0.3, -0.25) is 4.79 Å². The second-order valence-electron chi connectivity index (χ2n) is 5.63. The summed E-state index contributed by atoms with van der Waals surface area (Å²) < 4.78 is 2.43. The maximum Gasteiger partial charge on any atom is 0.295 e. The maximum atomic E-state index is 12.3. The predicted molar refractivity (Wildman–Crippen MR) is 98.3 cm³/mol. The topological polar surface area (TPSA) is 80.0 Å². The van der Waals surface area contributed by atoms with Gasteiger partial charge in [0.25, 0.3) is 5.91 Å². The fourth-order valence-corrected chi connectivity index (χ4v) is 2.60. The fraction of sp³-hybridized carbons (Fsp3) is 0.167. The zero-order chi connectivity index (χ0) is 17.8. The highest BCUT2D eigenvalue weighted by molar-refractivity contribution is 9.10. The molecule has 25 heavy (non-hydrogen) atoms. The lowest BCUT2D eigenvalue weighted by Crippen LogP contribution is -2.15. The number of carbonyl (C=O) groups excluding carboxylic acids is 1. The molecule has 6 nitrogen and oxygen atoms in total. The number of aryl methyl sites for hydroxylation is 1. The number of halogens is 1. The molecule has 1 atom stereocenters. The first-order valence-corrected chi connectivity index (χ1v) is 8.52. The first kappa shape index (κ1) is 17.3. The second kappa shape index (κ2) is 7.58. The first-order chi connectivity index (χ1) is 12.0. The minimum absolute atomic E-state index is 0.0563. The van der Waals surface area contributed by atoms with Crippen molar-refractivity contribution in [3.63, 3.8) is 0 Å². The molecule has 0 bridgehead atoms. The third-order valence-electron chi connectivity index (χ3n) is 3.70. The predicted octanol–water partition coefficient (Wildman–Crippen LogP) is 3.33. The van der Waals surface area contributed by atoms with Crippen LogP contribution in [0.3, 0.4) is 0 Å². The lowest BCUT2D eigenvalue weighted by molar-refractivity contribution is 0.101. The summed E-state index contributed by atoms with van der Waals surface area (Å²) in [4.78, 5) is 16.3. The Morgan fingerprint density at radius 2 is 2.04 bits per heavy atom. The minimum Gasteiger partial charge on any atom is -0.386 e. The van der Waals surface area contributed by atoms with Crippen molar-refractivity contribution in [1.29, 1.82) is 0 Å². The number of benzene rings is 2. The van der Waals surface area contributed by atoms with E-state index in [1.165, 1.54) is 11.0 Å². The van der Waals surface area contributed by atoms with Crippen LogP contribution in [0.2, 0.25) is 0 Å². The number of hydrogen-bond acceptors (Lipinski definition) is 4. The van der Waals surface area contributed by atoms with Crippen molar-refractivity contribution < 1.29 is 9.90 Å². The van der Waals surface area contributed by atoms with Crippen molar-refractivity contribution in [3.8, 4) is 0 Å². The summed E-state index contributed by atoms with van der Waals surface area (Å²) in [6.07, 6.45) is 0.724. The van der Waals surface area contributed by atoms with Crippen molar-refractivity contribution in [2.24, 2.45) is 0 Å². The largest absolute Gasteiger partial charge is 0.386 e. The number of hydrogen-bond donors (Lipinski definition) is 2. The molecule has 3 rings (SSSR count). The number of amides is 1. The van der Waals surface area contributed by atoms with Gasteiger partial charge in [-0.15, -0.1) is 5.10 Å². The lowest BCUT2D eigenvalue weighted by atomic mass is 10.1. The van der Waals surface area contributed by atoms with Gasteiger partial charge in [-0.2, -0.15) is 0 Å². The van der Waals surface area contributed by atoms with Crippen molar-refractivity contribution in [2.75, 3.05) is 5.32 Å². The molecule has 0 aliphatic heterocycles. The molecule has 0 radical (unpaired) electrons. The van der Waals surface area contributed by atoms with Crippen LogP contribution in [-0.2, 0) is 6.54 Å². The average molecular weight is 401 g/mol. The summed E-state index contributed by atoms with van der Waals surface area (Å²) >= 11 is 3.42. The number of nitrogens with zero attached hydrogens (tertiary/aromatic N) is 3. The van der Waals surface area contributed by atoms with E-state index in [0.717, 1.165) is 15.6 Å². The standard InChI is InChI=1S/C18H17BrN4O2/c1-12-9-14(7-8-15(12)19)21-18(25)17-20-11-23(22-17)10-16(24)13-5-3-2-4-6-13/h2-9,11,16,24H,10H2,1H3,(H,21,25). The Bertz CT molecular complexity index is 880. The van der Waals surface area contributed by atoms with E-state index in [1.54, 1.807) is 6.07 Å². The monoisotopic (exact) mass is 400 g/mol. The molecule has 3 aromatic rings. The van der Waals surface area contributed by atoms with Gasteiger partial charge in [-0.25, -0.2) is 9.67 Å². The summed E-state index contributed by atoms with van der Waals surface area (Å²) in [6, 6.07) is 14.8. The van der Waals surface area contributed by atoms with E-state index in [-0.39, 0.29) is 12.4 Å². The molecule has 2 aromatic carbocycles. The smallest absolute Gasteiger partial charge is 0.295 e. The molecule has 1 heterocycles. The Morgan fingerprint density at radius 3 is 2.76 bits per heavy atom. The Kier molecular flexibility index (Phi) is 5.25. The van der Waals surface area contributed by atoms with E-state index in [9.17, 15) is 9.90 Å². The van der Waals surface area contributed by atoms with Crippen LogP contribution < -0.4 is 5.32 Å². The van der Waals surface area contributed by atoms with Gasteiger partial charge in [-0.1, -0.05) is 46.3 Å². The van der Waals surface area contributed by atoms with E-state index >= 15 is 0 Å². The molecule has 0 fully saturated rings. The first-order valence-electron chi connectivity index (χ1n) is 7.73. The highest BCUT2D eigenvalue weighted by Gasteiger charge is 2.14. The van der Waals surface area contributed by atoms with Crippen molar-refractivity contribution in [2.45, 2.75) is 19.6 Å². The normalized spacial score (nSPS) is 12.0. The molecule has 0 spiro atoms. The highest BCUT2D eigenvalue weighted by atomic mass is 79.9. The number of anilines is 1. The van der Waals surface area contributed by atoms with Crippen LogP contribution in [0, 0.1) is 6.92 Å². The average Bonchev–Trinajstić information content (AvgIpc) is 3.07. The molecule has 0 saturated heterocycles.